The predicted octanol–water partition coefficient (Wildman–Crippen LogP) is 2.63. The lowest BCUT2D eigenvalue weighted by atomic mass is 9.94. The van der Waals surface area contributed by atoms with Gasteiger partial charge < -0.3 is 30.3 Å². The molecule has 0 radical (unpaired) electrons. The molecule has 1 unspecified atom stereocenters. The largest absolute Gasteiger partial charge is 0.387 e. The lowest BCUT2D eigenvalue weighted by Crippen LogP contribution is -2.56. The van der Waals surface area contributed by atoms with Gasteiger partial charge in [0.2, 0.25) is 5.91 Å². The van der Waals surface area contributed by atoms with Gasteiger partial charge in [0.25, 0.3) is 5.91 Å². The molecule has 0 saturated heterocycles. The first-order valence-electron chi connectivity index (χ1n) is 12.7. The Morgan fingerprint density at radius 1 is 1.13 bits per heavy atom. The monoisotopic (exact) mass is 546 g/mol. The number of fused-ring (bicyclic) bond motifs is 1. The van der Waals surface area contributed by atoms with E-state index in [0.717, 1.165) is 30.9 Å². The number of nitrogens with one attached hydrogen (secondary N) is 1. The molecular weight excluding hydrogens is 510 g/mol. The molecule has 0 aromatic heterocycles. The molecule has 2 amide bonds. The molecule has 0 spiro atoms. The first-order chi connectivity index (χ1) is 18.3. The highest BCUT2D eigenvalue weighted by Crippen LogP contribution is 2.29. The van der Waals surface area contributed by atoms with Crippen LogP contribution in [-0.4, -0.2) is 64.7 Å². The summed E-state index contributed by atoms with van der Waals surface area (Å²) in [6.07, 6.45) is -3.00. The third-order valence-corrected chi connectivity index (χ3v) is 6.44. The van der Waals surface area contributed by atoms with E-state index in [-0.39, 0.29) is 23.9 Å². The molecule has 5 atom stereocenters. The number of halogens is 2. The number of para-hydroxylation sites is 1. The van der Waals surface area contributed by atoms with E-state index in [1.807, 2.05) is 26.8 Å². The number of aliphatic hydroxyl groups excluding tert-OH is 3. The number of allylic oxidation sites excluding steroid dienone is 1. The van der Waals surface area contributed by atoms with Crippen molar-refractivity contribution in [2.24, 2.45) is 5.41 Å². The second kappa shape index (κ2) is 12.8. The summed E-state index contributed by atoms with van der Waals surface area (Å²) in [5.74, 6) is -2.94. The van der Waals surface area contributed by atoms with Gasteiger partial charge in [0.05, 0.1) is 6.54 Å². The van der Waals surface area contributed by atoms with Crippen molar-refractivity contribution in [1.29, 1.82) is 0 Å². The van der Waals surface area contributed by atoms with E-state index in [2.05, 4.69) is 5.32 Å². The summed E-state index contributed by atoms with van der Waals surface area (Å²) in [6.45, 7) is 5.53. The van der Waals surface area contributed by atoms with Gasteiger partial charge in [0, 0.05) is 18.9 Å². The number of hydrogen-bond acceptors (Lipinski definition) is 6. The second-order valence-electron chi connectivity index (χ2n) is 10.8. The Hall–Kier alpha value is -3.18. The number of carbonyl (C=O) groups excluding carboxylic acids is 2. The molecule has 0 aliphatic carbocycles. The number of anilines is 1. The molecule has 1 aliphatic heterocycles. The van der Waals surface area contributed by atoms with E-state index < -0.39 is 53.9 Å². The van der Waals surface area contributed by atoms with Crippen LogP contribution in [0.15, 0.2) is 54.6 Å². The molecular formula is C29H36F2N2O6. The molecule has 4 N–H and O–H groups in total. The first-order valence-corrected chi connectivity index (χ1v) is 12.7. The van der Waals surface area contributed by atoms with Crippen molar-refractivity contribution < 1.29 is 38.4 Å². The van der Waals surface area contributed by atoms with E-state index in [9.17, 15) is 33.7 Å². The van der Waals surface area contributed by atoms with Crippen LogP contribution in [0.3, 0.4) is 0 Å². The summed E-state index contributed by atoms with van der Waals surface area (Å²) in [6, 6.07) is 9.05. The van der Waals surface area contributed by atoms with Crippen molar-refractivity contribution in [3.63, 3.8) is 0 Å². The minimum absolute atomic E-state index is 0.141. The zero-order valence-electron chi connectivity index (χ0n) is 22.5. The molecule has 1 heterocycles. The Labute approximate surface area is 226 Å². The summed E-state index contributed by atoms with van der Waals surface area (Å²) in [4.78, 5) is 28.1. The smallest absolute Gasteiger partial charge is 0.252 e. The first kappa shape index (κ1) is 30.4. The molecule has 0 fully saturated rings. The number of rotatable bonds is 9. The Balaban J connectivity index is 1.81. The number of amides is 2. The number of methoxy groups -OCH3 is 1. The van der Waals surface area contributed by atoms with Crippen LogP contribution in [0.2, 0.25) is 0 Å². The van der Waals surface area contributed by atoms with Gasteiger partial charge in [-0.15, -0.1) is 0 Å². The maximum atomic E-state index is 13.9. The van der Waals surface area contributed by atoms with Crippen molar-refractivity contribution in [3.05, 3.63) is 77.4 Å². The Morgan fingerprint density at radius 2 is 1.77 bits per heavy atom. The van der Waals surface area contributed by atoms with Gasteiger partial charge in [-0.2, -0.15) is 0 Å². The number of hydrogen-bond donors (Lipinski definition) is 4. The van der Waals surface area contributed by atoms with Crippen molar-refractivity contribution in [2.45, 2.75) is 70.6 Å². The summed E-state index contributed by atoms with van der Waals surface area (Å²) >= 11 is 0. The zero-order valence-corrected chi connectivity index (χ0v) is 22.5. The fraction of sp³-hybridized carbons (Fsp3) is 0.448. The SMILES string of the molecule is CO[C@@H](C(=O)NC1CCc2ccccc2N(Cc2cc(F)cc(F)c2)C1=O)[C@H](O)[C@@H](O)[C@H](O)/C=C/C(C)(C)C. The standard InChI is InChI=1S/C29H36F2N2O6/c1-29(2,3)12-11-23(34)24(35)25(36)26(39-4)27(37)32-21-10-9-18-7-5-6-8-22(18)33(28(21)38)16-17-13-19(30)15-20(31)14-17/h5-8,11-15,21,23-26,34-36H,9-10,16H2,1-4H3,(H,32,37)/b12-11+/t21?,23-,24+,25-,26-/m1/s1. The van der Waals surface area contributed by atoms with Gasteiger partial charge in [-0.1, -0.05) is 51.1 Å². The van der Waals surface area contributed by atoms with E-state index in [0.29, 0.717) is 12.1 Å². The van der Waals surface area contributed by atoms with Crippen LogP contribution in [0.5, 0.6) is 0 Å². The average Bonchev–Trinajstić information content (AvgIpc) is 2.98. The van der Waals surface area contributed by atoms with Gasteiger partial charge in [-0.05, 0) is 47.6 Å². The maximum Gasteiger partial charge on any atom is 0.252 e. The van der Waals surface area contributed by atoms with Gasteiger partial charge in [-0.3, -0.25) is 9.59 Å². The van der Waals surface area contributed by atoms with Crippen molar-refractivity contribution >= 4 is 17.5 Å². The Kier molecular flexibility index (Phi) is 9.95. The highest BCUT2D eigenvalue weighted by Gasteiger charge is 2.38. The van der Waals surface area contributed by atoms with Crippen molar-refractivity contribution in [2.75, 3.05) is 12.0 Å². The quantitative estimate of drug-likeness (QED) is 0.359. The number of ether oxygens (including phenoxy) is 1. The number of carbonyl (C=O) groups is 2. The summed E-state index contributed by atoms with van der Waals surface area (Å²) in [5.41, 5.74) is 1.31. The van der Waals surface area contributed by atoms with Crippen molar-refractivity contribution in [3.8, 4) is 0 Å². The van der Waals surface area contributed by atoms with E-state index in [4.69, 9.17) is 4.74 Å². The fourth-order valence-corrected chi connectivity index (χ4v) is 4.44. The van der Waals surface area contributed by atoms with Crippen LogP contribution in [0.25, 0.3) is 0 Å². The van der Waals surface area contributed by atoms with Crippen LogP contribution in [0.1, 0.15) is 38.3 Å². The third-order valence-electron chi connectivity index (χ3n) is 6.44. The number of aliphatic hydroxyl groups is 3. The van der Waals surface area contributed by atoms with Crippen LogP contribution >= 0.6 is 0 Å². The average molecular weight is 547 g/mol. The highest BCUT2D eigenvalue weighted by molar-refractivity contribution is 6.00. The molecule has 0 saturated carbocycles. The lowest BCUT2D eigenvalue weighted by molar-refractivity contribution is -0.150. The number of nitrogens with zero attached hydrogens (tertiary/aromatic N) is 1. The topological polar surface area (TPSA) is 119 Å². The summed E-state index contributed by atoms with van der Waals surface area (Å²) in [5, 5.41) is 34.0. The highest BCUT2D eigenvalue weighted by atomic mass is 19.1. The van der Waals surface area contributed by atoms with Crippen LogP contribution in [-0.2, 0) is 27.3 Å². The van der Waals surface area contributed by atoms with Gasteiger partial charge >= 0.3 is 0 Å². The van der Waals surface area contributed by atoms with E-state index in [1.54, 1.807) is 24.3 Å². The molecule has 1 aliphatic rings. The normalized spacial score (nSPS) is 19.3. The van der Waals surface area contributed by atoms with E-state index in [1.165, 1.54) is 11.0 Å². The van der Waals surface area contributed by atoms with E-state index >= 15 is 0 Å². The molecule has 8 nitrogen and oxygen atoms in total. The molecule has 2 aromatic carbocycles. The Morgan fingerprint density at radius 3 is 2.38 bits per heavy atom. The third kappa shape index (κ3) is 7.92. The molecule has 2 aromatic rings. The van der Waals surface area contributed by atoms with Crippen molar-refractivity contribution in [1.82, 2.24) is 5.32 Å². The zero-order chi connectivity index (χ0) is 28.9. The van der Waals surface area contributed by atoms with Crippen LogP contribution in [0, 0.1) is 17.0 Å². The van der Waals surface area contributed by atoms with Gasteiger partial charge in [0.1, 0.15) is 36.0 Å². The van der Waals surface area contributed by atoms with Gasteiger partial charge in [-0.25, -0.2) is 8.78 Å². The predicted molar refractivity (Wildman–Crippen MR) is 142 cm³/mol. The fourth-order valence-electron chi connectivity index (χ4n) is 4.44. The number of benzene rings is 2. The summed E-state index contributed by atoms with van der Waals surface area (Å²) in [7, 11) is 1.16. The molecule has 39 heavy (non-hydrogen) atoms. The second-order valence-corrected chi connectivity index (χ2v) is 10.8. The Bertz CT molecular complexity index is 1180. The minimum atomic E-state index is -1.81. The molecule has 3 rings (SSSR count). The molecule has 0 bridgehead atoms. The lowest BCUT2D eigenvalue weighted by Gasteiger charge is -2.30. The minimum Gasteiger partial charge on any atom is -0.387 e. The summed E-state index contributed by atoms with van der Waals surface area (Å²) < 4.78 is 32.9. The van der Waals surface area contributed by atoms with Gasteiger partial charge in [0.15, 0.2) is 6.10 Å². The van der Waals surface area contributed by atoms with Crippen LogP contribution in [0.4, 0.5) is 14.5 Å². The molecule has 10 heteroatoms. The van der Waals surface area contributed by atoms with Crippen LogP contribution < -0.4 is 10.2 Å². The molecule has 212 valence electrons. The number of aryl methyl sites for hydroxylation is 1. The maximum absolute atomic E-state index is 13.9.